The van der Waals surface area contributed by atoms with Gasteiger partial charge in [-0.2, -0.15) is 5.10 Å². The van der Waals surface area contributed by atoms with E-state index in [-0.39, 0.29) is 42.7 Å². The van der Waals surface area contributed by atoms with Gasteiger partial charge in [-0.25, -0.2) is 14.1 Å². The Labute approximate surface area is 199 Å². The Hall–Kier alpha value is -4.34. The number of rotatable bonds is 7. The molecule has 0 saturated carbocycles. The fraction of sp³-hybridized carbons (Fsp3) is 0.240. The second-order valence-corrected chi connectivity index (χ2v) is 8.44. The first-order valence-corrected chi connectivity index (χ1v) is 11.3. The molecule has 2 aromatic carbocycles. The molecule has 5 rings (SSSR count). The maximum Gasteiger partial charge on any atom is 0.264 e. The van der Waals surface area contributed by atoms with Crippen molar-refractivity contribution in [3.05, 3.63) is 88.9 Å². The van der Waals surface area contributed by atoms with E-state index >= 15 is 0 Å². The fourth-order valence-corrected chi connectivity index (χ4v) is 4.24. The first-order chi connectivity index (χ1) is 17.0. The Kier molecular flexibility index (Phi) is 6.09. The highest BCUT2D eigenvalue weighted by molar-refractivity contribution is 6.00. The van der Waals surface area contributed by atoms with Crippen molar-refractivity contribution in [2.24, 2.45) is 5.92 Å². The van der Waals surface area contributed by atoms with Crippen LogP contribution < -0.4 is 15.8 Å². The highest BCUT2D eigenvalue weighted by Crippen LogP contribution is 2.25. The van der Waals surface area contributed by atoms with Gasteiger partial charge in [0.25, 0.3) is 5.56 Å². The first-order valence-electron chi connectivity index (χ1n) is 11.3. The lowest BCUT2D eigenvalue weighted by Gasteiger charge is -2.16. The molecule has 10 heteroatoms. The van der Waals surface area contributed by atoms with Crippen LogP contribution in [0.4, 0.5) is 10.1 Å². The van der Waals surface area contributed by atoms with Crippen LogP contribution in [0.1, 0.15) is 12.0 Å². The molecule has 1 aliphatic rings. The number of hydrogen-bond donors (Lipinski definition) is 1. The topological polar surface area (TPSA) is 102 Å². The number of aromatic nitrogens is 4. The zero-order valence-corrected chi connectivity index (χ0v) is 18.8. The number of carbonyl (C=O) groups excluding carboxylic acids is 2. The number of anilines is 1. The van der Waals surface area contributed by atoms with Crippen LogP contribution in [0.3, 0.4) is 0 Å². The zero-order chi connectivity index (χ0) is 24.4. The molecule has 2 amide bonds. The van der Waals surface area contributed by atoms with Crippen molar-refractivity contribution in [1.29, 1.82) is 0 Å². The van der Waals surface area contributed by atoms with E-state index in [1.165, 1.54) is 46.3 Å². The highest BCUT2D eigenvalue weighted by Gasteiger charge is 2.35. The van der Waals surface area contributed by atoms with Crippen molar-refractivity contribution in [3.8, 4) is 0 Å². The number of amides is 2. The average molecular weight is 474 g/mol. The number of benzene rings is 2. The number of halogens is 1. The van der Waals surface area contributed by atoms with Crippen LogP contribution in [0.5, 0.6) is 0 Å². The summed E-state index contributed by atoms with van der Waals surface area (Å²) in [5.74, 6) is -1.29. The summed E-state index contributed by atoms with van der Waals surface area (Å²) in [6.45, 7) is 1.25. The van der Waals surface area contributed by atoms with Crippen molar-refractivity contribution in [2.45, 2.75) is 19.5 Å². The molecule has 1 saturated heterocycles. The van der Waals surface area contributed by atoms with Crippen molar-refractivity contribution in [3.63, 3.8) is 0 Å². The van der Waals surface area contributed by atoms with Crippen LogP contribution in [0.2, 0.25) is 0 Å². The summed E-state index contributed by atoms with van der Waals surface area (Å²) in [6, 6.07) is 15.3. The summed E-state index contributed by atoms with van der Waals surface area (Å²) in [5.41, 5.74) is 1.83. The quantitative estimate of drug-likeness (QED) is 0.441. The molecule has 1 fully saturated rings. The Balaban J connectivity index is 1.19. The summed E-state index contributed by atoms with van der Waals surface area (Å²) in [7, 11) is 0. The molecule has 1 atom stereocenters. The molecule has 0 aliphatic carbocycles. The van der Waals surface area contributed by atoms with Crippen LogP contribution in [0.25, 0.3) is 11.0 Å². The van der Waals surface area contributed by atoms with Gasteiger partial charge in [-0.05, 0) is 29.8 Å². The molecule has 0 radical (unpaired) electrons. The van der Waals surface area contributed by atoms with Gasteiger partial charge in [-0.3, -0.25) is 19.0 Å². The van der Waals surface area contributed by atoms with Crippen molar-refractivity contribution in [2.75, 3.05) is 18.0 Å². The minimum atomic E-state index is -0.495. The number of nitrogens with zero attached hydrogens (tertiary/aromatic N) is 5. The molecule has 4 aromatic rings. The van der Waals surface area contributed by atoms with E-state index in [1.54, 1.807) is 4.68 Å². The van der Waals surface area contributed by atoms with Crippen molar-refractivity contribution < 1.29 is 14.0 Å². The molecule has 35 heavy (non-hydrogen) atoms. The predicted molar refractivity (Wildman–Crippen MR) is 127 cm³/mol. The van der Waals surface area contributed by atoms with Gasteiger partial charge in [0.05, 0.1) is 25.2 Å². The molecule has 0 bridgehead atoms. The van der Waals surface area contributed by atoms with Gasteiger partial charge in [-0.15, -0.1) is 0 Å². The Morgan fingerprint density at radius 1 is 1.09 bits per heavy atom. The van der Waals surface area contributed by atoms with Gasteiger partial charge < -0.3 is 10.2 Å². The molecule has 0 unspecified atom stereocenters. The summed E-state index contributed by atoms with van der Waals surface area (Å²) < 4.78 is 16.3. The van der Waals surface area contributed by atoms with Crippen LogP contribution in [-0.4, -0.2) is 44.2 Å². The van der Waals surface area contributed by atoms with Crippen LogP contribution in [0, 0.1) is 11.7 Å². The lowest BCUT2D eigenvalue weighted by molar-refractivity contribution is -0.126. The molecule has 0 spiro atoms. The molecular weight excluding hydrogens is 451 g/mol. The summed E-state index contributed by atoms with van der Waals surface area (Å²) in [5, 5.41) is 7.51. The number of fused-ring (bicyclic) bond motifs is 1. The number of carbonyl (C=O) groups is 2. The van der Waals surface area contributed by atoms with Gasteiger partial charge in [0.15, 0.2) is 5.65 Å². The highest BCUT2D eigenvalue weighted by atomic mass is 19.1. The maximum atomic E-state index is 13.2. The fourth-order valence-electron chi connectivity index (χ4n) is 4.24. The van der Waals surface area contributed by atoms with Crippen LogP contribution >= 0.6 is 0 Å². The predicted octanol–water partition coefficient (Wildman–Crippen LogP) is 1.95. The molecule has 9 nitrogen and oxygen atoms in total. The summed E-state index contributed by atoms with van der Waals surface area (Å²) in [6.07, 6.45) is 3.09. The summed E-state index contributed by atoms with van der Waals surface area (Å²) in [4.78, 5) is 43.7. The number of nitrogens with one attached hydrogen (secondary N) is 1. The SMILES string of the molecule is O=C(NCCn1ncc2c(=O)n(Cc3ccccc3)cnc21)[C@H]1CC(=O)N(c2ccc(F)cc2)C1. The standard InChI is InChI=1S/C25H23FN6O3/c26-19-6-8-20(9-7-19)31-15-18(12-22(31)33)24(34)27-10-11-32-23-21(13-29-32)25(35)30(16-28-23)14-17-4-2-1-3-5-17/h1-9,13,16,18H,10-12,14-15H2,(H,27,34)/t18-/m0/s1. The first kappa shape index (κ1) is 22.5. The molecule has 2 aromatic heterocycles. The van der Waals surface area contributed by atoms with E-state index in [4.69, 9.17) is 0 Å². The van der Waals surface area contributed by atoms with E-state index < -0.39 is 5.92 Å². The van der Waals surface area contributed by atoms with E-state index in [1.807, 2.05) is 30.3 Å². The molecule has 1 aliphatic heterocycles. The van der Waals surface area contributed by atoms with E-state index in [2.05, 4.69) is 15.4 Å². The van der Waals surface area contributed by atoms with Gasteiger partial charge in [-0.1, -0.05) is 30.3 Å². The second kappa shape index (κ2) is 9.49. The lowest BCUT2D eigenvalue weighted by Crippen LogP contribution is -2.35. The minimum absolute atomic E-state index is 0.0937. The van der Waals surface area contributed by atoms with Crippen LogP contribution in [-0.2, 0) is 22.7 Å². The zero-order valence-electron chi connectivity index (χ0n) is 18.8. The Morgan fingerprint density at radius 2 is 1.86 bits per heavy atom. The van der Waals surface area contributed by atoms with E-state index in [0.29, 0.717) is 29.8 Å². The molecule has 178 valence electrons. The smallest absolute Gasteiger partial charge is 0.264 e. The Bertz CT molecular complexity index is 1430. The monoisotopic (exact) mass is 474 g/mol. The van der Waals surface area contributed by atoms with Gasteiger partial charge in [0, 0.05) is 25.2 Å². The Morgan fingerprint density at radius 3 is 2.63 bits per heavy atom. The lowest BCUT2D eigenvalue weighted by atomic mass is 10.1. The van der Waals surface area contributed by atoms with E-state index in [9.17, 15) is 18.8 Å². The third-order valence-corrected chi connectivity index (χ3v) is 6.07. The van der Waals surface area contributed by atoms with E-state index in [0.717, 1.165) is 5.56 Å². The van der Waals surface area contributed by atoms with Crippen LogP contribution in [0.15, 0.2) is 71.9 Å². The average Bonchev–Trinajstić information content (AvgIpc) is 3.46. The second-order valence-electron chi connectivity index (χ2n) is 8.44. The summed E-state index contributed by atoms with van der Waals surface area (Å²) >= 11 is 0. The largest absolute Gasteiger partial charge is 0.354 e. The van der Waals surface area contributed by atoms with Gasteiger partial charge in [0.2, 0.25) is 11.8 Å². The van der Waals surface area contributed by atoms with Crippen molar-refractivity contribution in [1.82, 2.24) is 24.6 Å². The molecule has 1 N–H and O–H groups in total. The maximum absolute atomic E-state index is 13.2. The third kappa shape index (κ3) is 4.68. The minimum Gasteiger partial charge on any atom is -0.354 e. The molecular formula is C25H23FN6O3. The van der Waals surface area contributed by atoms with Gasteiger partial charge in [0.1, 0.15) is 17.5 Å². The normalized spacial score (nSPS) is 15.6. The third-order valence-electron chi connectivity index (χ3n) is 6.07. The van der Waals surface area contributed by atoms with Crippen molar-refractivity contribution >= 4 is 28.5 Å². The molecule has 3 heterocycles. The number of hydrogen-bond acceptors (Lipinski definition) is 5. The van der Waals surface area contributed by atoms with Gasteiger partial charge >= 0.3 is 0 Å².